The molecule has 3 rings (SSSR count). The monoisotopic (exact) mass is 553 g/mol. The van der Waals surface area contributed by atoms with Gasteiger partial charge >= 0.3 is 0 Å². The van der Waals surface area contributed by atoms with Gasteiger partial charge in [-0.3, -0.25) is 9.79 Å². The number of hydrogen-bond acceptors (Lipinski definition) is 4. The van der Waals surface area contributed by atoms with Crippen LogP contribution in [0.4, 0.5) is 0 Å². The van der Waals surface area contributed by atoms with Crippen LogP contribution in [0.3, 0.4) is 0 Å². The molecule has 0 radical (unpaired) electrons. The van der Waals surface area contributed by atoms with E-state index in [2.05, 4.69) is 44.1 Å². The summed E-state index contributed by atoms with van der Waals surface area (Å²) in [5.74, 6) is 1.59. The van der Waals surface area contributed by atoms with Crippen LogP contribution < -0.4 is 11.1 Å². The first kappa shape index (κ1) is 26.1. The fraction of sp³-hybridized carbons (Fsp3) is 0.522. The number of rotatable bonds is 9. The fourth-order valence-electron chi connectivity index (χ4n) is 3.95. The molecule has 9 heteroatoms. The summed E-state index contributed by atoms with van der Waals surface area (Å²) in [6, 6.07) is 10.2. The van der Waals surface area contributed by atoms with E-state index in [9.17, 15) is 4.79 Å². The van der Waals surface area contributed by atoms with E-state index in [1.165, 1.54) is 0 Å². The van der Waals surface area contributed by atoms with E-state index in [1.54, 1.807) is 0 Å². The molecule has 1 aliphatic heterocycles. The third kappa shape index (κ3) is 7.77. The van der Waals surface area contributed by atoms with Crippen LogP contribution in [0.15, 0.2) is 41.5 Å². The van der Waals surface area contributed by atoms with Crippen molar-refractivity contribution in [1.29, 1.82) is 0 Å². The molecule has 0 saturated carbocycles. The van der Waals surface area contributed by atoms with Gasteiger partial charge in [-0.15, -0.1) is 24.0 Å². The van der Waals surface area contributed by atoms with E-state index in [4.69, 9.17) is 10.7 Å². The van der Waals surface area contributed by atoms with Crippen molar-refractivity contribution in [2.24, 2.45) is 16.6 Å². The minimum atomic E-state index is -0.174. The highest BCUT2D eigenvalue weighted by molar-refractivity contribution is 14.0. The van der Waals surface area contributed by atoms with E-state index < -0.39 is 0 Å². The highest BCUT2D eigenvalue weighted by Gasteiger charge is 2.23. The van der Waals surface area contributed by atoms with Crippen LogP contribution in [-0.4, -0.2) is 71.4 Å². The average molecular weight is 553 g/mol. The molecule has 1 saturated heterocycles. The number of aromatic amines is 1. The standard InChI is InChI=1S/C23H35N7O.HI/c1-3-25-23(26-12-8-14-30-13-7-11-19(16-30)22(24)31)29(2)17-21-27-15-20(28-21)18-9-5-4-6-10-18;/h4-6,9-10,15,19H,3,7-8,11-14,16-17H2,1-2H3,(H2,24,31)(H,25,26)(H,27,28);1H. The van der Waals surface area contributed by atoms with Crippen molar-refractivity contribution in [3.63, 3.8) is 0 Å². The summed E-state index contributed by atoms with van der Waals surface area (Å²) in [6.07, 6.45) is 4.78. The molecule has 2 heterocycles. The fourth-order valence-corrected chi connectivity index (χ4v) is 3.95. The van der Waals surface area contributed by atoms with Crippen molar-refractivity contribution in [2.45, 2.75) is 32.7 Å². The largest absolute Gasteiger partial charge is 0.369 e. The molecule has 8 nitrogen and oxygen atoms in total. The lowest BCUT2D eigenvalue weighted by atomic mass is 9.97. The lowest BCUT2D eigenvalue weighted by Crippen LogP contribution is -2.41. The third-order valence-electron chi connectivity index (χ3n) is 5.60. The zero-order valence-electron chi connectivity index (χ0n) is 19.1. The smallest absolute Gasteiger partial charge is 0.221 e. The molecular formula is C23H36IN7O. The van der Waals surface area contributed by atoms with Crippen LogP contribution in [-0.2, 0) is 11.3 Å². The summed E-state index contributed by atoms with van der Waals surface area (Å²) in [5.41, 5.74) is 7.62. The second-order valence-corrected chi connectivity index (χ2v) is 8.10. The Hall–Kier alpha value is -2.14. The Morgan fingerprint density at radius 1 is 1.38 bits per heavy atom. The number of nitrogens with zero attached hydrogens (tertiary/aromatic N) is 4. The number of likely N-dealkylation sites (tertiary alicyclic amines) is 1. The van der Waals surface area contributed by atoms with Gasteiger partial charge in [0.15, 0.2) is 5.96 Å². The van der Waals surface area contributed by atoms with Crippen LogP contribution in [0.2, 0.25) is 0 Å². The minimum absolute atomic E-state index is 0. The van der Waals surface area contributed by atoms with Gasteiger partial charge in [0.2, 0.25) is 5.91 Å². The van der Waals surface area contributed by atoms with Crippen molar-refractivity contribution in [3.05, 3.63) is 42.4 Å². The SMILES string of the molecule is CCNC(=NCCCN1CCCC(C(N)=O)C1)N(C)Cc1ncc(-c2ccccc2)[nH]1.I. The first-order chi connectivity index (χ1) is 15.1. The number of nitrogens with two attached hydrogens (primary N) is 1. The Labute approximate surface area is 208 Å². The molecule has 2 aromatic rings. The predicted octanol–water partition coefficient (Wildman–Crippen LogP) is 2.68. The highest BCUT2D eigenvalue weighted by Crippen LogP contribution is 2.17. The molecule has 0 spiro atoms. The van der Waals surface area contributed by atoms with Crippen molar-refractivity contribution in [2.75, 3.05) is 39.8 Å². The number of halogens is 1. The summed E-state index contributed by atoms with van der Waals surface area (Å²) in [4.78, 5) is 28.6. The molecule has 1 aromatic heterocycles. The number of primary amides is 1. The quantitative estimate of drug-likeness (QED) is 0.192. The van der Waals surface area contributed by atoms with E-state index in [0.717, 1.165) is 75.0 Å². The number of nitrogens with one attached hydrogen (secondary N) is 2. The molecule has 0 aliphatic carbocycles. The van der Waals surface area contributed by atoms with Gasteiger partial charge in [0.1, 0.15) is 5.82 Å². The molecule has 1 aromatic carbocycles. The topological polar surface area (TPSA) is 103 Å². The Morgan fingerprint density at radius 3 is 2.88 bits per heavy atom. The number of aromatic nitrogens is 2. The Morgan fingerprint density at radius 2 is 2.16 bits per heavy atom. The molecular weight excluding hydrogens is 517 g/mol. The Bertz CT molecular complexity index is 855. The highest BCUT2D eigenvalue weighted by atomic mass is 127. The van der Waals surface area contributed by atoms with Gasteiger partial charge in [-0.05, 0) is 44.8 Å². The summed E-state index contributed by atoms with van der Waals surface area (Å²) in [6.45, 7) is 7.01. The molecule has 1 amide bonds. The lowest BCUT2D eigenvalue weighted by Gasteiger charge is -2.30. The maximum atomic E-state index is 11.5. The number of imidazole rings is 1. The first-order valence-corrected chi connectivity index (χ1v) is 11.2. The molecule has 1 aliphatic rings. The van der Waals surface area contributed by atoms with E-state index in [0.29, 0.717) is 6.54 Å². The average Bonchev–Trinajstić information content (AvgIpc) is 3.25. The van der Waals surface area contributed by atoms with Crippen LogP contribution in [0.25, 0.3) is 11.3 Å². The van der Waals surface area contributed by atoms with E-state index >= 15 is 0 Å². The number of amides is 1. The molecule has 1 atom stereocenters. The van der Waals surface area contributed by atoms with Gasteiger partial charge in [-0.1, -0.05) is 30.3 Å². The number of hydrogen-bond donors (Lipinski definition) is 3. The van der Waals surface area contributed by atoms with Gasteiger partial charge in [-0.2, -0.15) is 0 Å². The van der Waals surface area contributed by atoms with Crippen LogP contribution in [0.5, 0.6) is 0 Å². The van der Waals surface area contributed by atoms with E-state index in [-0.39, 0.29) is 35.8 Å². The van der Waals surface area contributed by atoms with Gasteiger partial charge < -0.3 is 25.8 Å². The van der Waals surface area contributed by atoms with E-state index in [1.807, 2.05) is 31.4 Å². The number of aliphatic imine (C=N–C) groups is 1. The van der Waals surface area contributed by atoms with Crippen molar-refractivity contribution in [3.8, 4) is 11.3 Å². The predicted molar refractivity (Wildman–Crippen MR) is 140 cm³/mol. The second-order valence-electron chi connectivity index (χ2n) is 8.10. The summed E-state index contributed by atoms with van der Waals surface area (Å²) in [5, 5.41) is 3.36. The third-order valence-corrected chi connectivity index (χ3v) is 5.60. The summed E-state index contributed by atoms with van der Waals surface area (Å²) < 4.78 is 0. The summed E-state index contributed by atoms with van der Waals surface area (Å²) in [7, 11) is 2.02. The van der Waals surface area contributed by atoms with Crippen molar-refractivity contribution < 1.29 is 4.79 Å². The van der Waals surface area contributed by atoms with Gasteiger partial charge in [0.05, 0.1) is 24.4 Å². The number of guanidine groups is 1. The number of carbonyl (C=O) groups is 1. The number of carbonyl (C=O) groups excluding carboxylic acids is 1. The maximum absolute atomic E-state index is 11.5. The van der Waals surface area contributed by atoms with Crippen molar-refractivity contribution in [1.82, 2.24) is 25.1 Å². The molecule has 176 valence electrons. The zero-order valence-corrected chi connectivity index (χ0v) is 21.4. The number of H-pyrrole nitrogens is 1. The molecule has 4 N–H and O–H groups in total. The lowest BCUT2D eigenvalue weighted by molar-refractivity contribution is -0.123. The van der Waals surface area contributed by atoms with Crippen LogP contribution in [0, 0.1) is 5.92 Å². The molecule has 1 fully saturated rings. The molecule has 1 unspecified atom stereocenters. The minimum Gasteiger partial charge on any atom is -0.369 e. The first-order valence-electron chi connectivity index (χ1n) is 11.2. The van der Waals surface area contributed by atoms with Crippen LogP contribution >= 0.6 is 24.0 Å². The summed E-state index contributed by atoms with van der Waals surface area (Å²) >= 11 is 0. The number of benzene rings is 1. The number of piperidine rings is 1. The zero-order chi connectivity index (χ0) is 22.1. The Balaban J connectivity index is 0.00000363. The normalized spacial score (nSPS) is 16.9. The van der Waals surface area contributed by atoms with Crippen molar-refractivity contribution >= 4 is 35.8 Å². The van der Waals surface area contributed by atoms with Gasteiger partial charge in [-0.25, -0.2) is 4.98 Å². The second kappa shape index (κ2) is 13.4. The molecule has 32 heavy (non-hydrogen) atoms. The van der Waals surface area contributed by atoms with Gasteiger partial charge in [0.25, 0.3) is 0 Å². The van der Waals surface area contributed by atoms with Crippen LogP contribution in [0.1, 0.15) is 32.0 Å². The molecule has 0 bridgehead atoms. The maximum Gasteiger partial charge on any atom is 0.221 e. The van der Waals surface area contributed by atoms with Gasteiger partial charge in [0, 0.05) is 26.7 Å². The Kier molecular flexibility index (Phi) is 10.9.